The summed E-state index contributed by atoms with van der Waals surface area (Å²) in [5, 5.41) is 3.53. The standard InChI is InChI=1S/C23H21IN2O3S/c1-14-11-17(28-2)7-9-19(14)24-16-6-4-5-15(12-16)22(27)26-23-25-20-10-8-18(29-3)13-21(20)30-23/h4-14,19H,1-3H3/p+1. The number of carbonyl (C=O) groups excluding carboxylic acids is 1. The van der Waals surface area contributed by atoms with E-state index in [1.54, 1.807) is 14.2 Å². The lowest BCUT2D eigenvalue weighted by Gasteiger charge is -2.13. The second-order valence-corrected chi connectivity index (χ2v) is 11.2. The molecule has 1 aliphatic carbocycles. The first-order valence-electron chi connectivity index (χ1n) is 9.49. The van der Waals surface area contributed by atoms with Crippen LogP contribution in [0.25, 0.3) is 10.2 Å². The summed E-state index contributed by atoms with van der Waals surface area (Å²) in [5.74, 6) is 1.99. The van der Waals surface area contributed by atoms with Gasteiger partial charge in [-0.2, -0.15) is 0 Å². The van der Waals surface area contributed by atoms with E-state index >= 15 is 0 Å². The SMILES string of the molecule is COC1=CC(C)C([I+]c2cccc(C(=O)Nc3nc4ccc(OC)cc4s3)c2)C=C1. The number of methoxy groups -OCH3 is 2. The Hall–Kier alpha value is -2.39. The van der Waals surface area contributed by atoms with E-state index in [1.165, 1.54) is 14.9 Å². The first kappa shape index (κ1) is 20.9. The summed E-state index contributed by atoms with van der Waals surface area (Å²) in [6.45, 7) is 2.21. The summed E-state index contributed by atoms with van der Waals surface area (Å²) in [4.78, 5) is 17.3. The van der Waals surface area contributed by atoms with Crippen LogP contribution in [0, 0.1) is 9.49 Å². The highest BCUT2D eigenvalue weighted by atomic mass is 127. The van der Waals surface area contributed by atoms with Crippen LogP contribution < -0.4 is 31.3 Å². The highest BCUT2D eigenvalue weighted by Gasteiger charge is 2.31. The van der Waals surface area contributed by atoms with E-state index in [2.05, 4.69) is 35.4 Å². The molecule has 1 N–H and O–H groups in total. The van der Waals surface area contributed by atoms with Gasteiger partial charge in [-0.3, -0.25) is 10.1 Å². The Morgan fingerprint density at radius 2 is 2.03 bits per heavy atom. The number of benzene rings is 2. The molecule has 2 unspecified atom stereocenters. The molecule has 0 bridgehead atoms. The number of alkyl halides is 1. The van der Waals surface area contributed by atoms with Gasteiger partial charge >= 0.3 is 21.2 Å². The fraction of sp³-hybridized carbons (Fsp3) is 0.217. The molecule has 0 spiro atoms. The second kappa shape index (κ2) is 9.18. The van der Waals surface area contributed by atoms with E-state index in [4.69, 9.17) is 9.47 Å². The number of amides is 1. The molecule has 1 amide bonds. The van der Waals surface area contributed by atoms with E-state index < -0.39 is 0 Å². The van der Waals surface area contributed by atoms with E-state index in [0.717, 1.165) is 21.7 Å². The van der Waals surface area contributed by atoms with Gasteiger partial charge in [-0.1, -0.05) is 24.3 Å². The lowest BCUT2D eigenvalue weighted by atomic mass is 10.0. The number of ether oxygens (including phenoxy) is 2. The molecular weight excluding hydrogens is 511 g/mol. The third kappa shape index (κ3) is 4.67. The van der Waals surface area contributed by atoms with Crippen molar-refractivity contribution in [2.24, 2.45) is 5.92 Å². The van der Waals surface area contributed by atoms with Crippen LogP contribution in [0.2, 0.25) is 0 Å². The Morgan fingerprint density at radius 1 is 1.17 bits per heavy atom. The van der Waals surface area contributed by atoms with Crippen LogP contribution in [0.4, 0.5) is 5.13 Å². The predicted octanol–water partition coefficient (Wildman–Crippen LogP) is 1.92. The quantitative estimate of drug-likeness (QED) is 0.389. The maximum Gasteiger partial charge on any atom is 0.321 e. The van der Waals surface area contributed by atoms with Crippen molar-refractivity contribution in [1.82, 2.24) is 4.98 Å². The van der Waals surface area contributed by atoms with Crippen molar-refractivity contribution in [1.29, 1.82) is 0 Å². The number of anilines is 1. The van der Waals surface area contributed by atoms with Crippen molar-refractivity contribution in [3.63, 3.8) is 0 Å². The number of rotatable bonds is 6. The highest BCUT2D eigenvalue weighted by molar-refractivity contribution is 7.22. The minimum Gasteiger partial charge on any atom is -0.497 e. The number of carbonyl (C=O) groups is 1. The zero-order chi connectivity index (χ0) is 21.1. The van der Waals surface area contributed by atoms with E-state index in [0.29, 0.717) is 20.5 Å². The van der Waals surface area contributed by atoms with E-state index in [1.807, 2.05) is 42.5 Å². The summed E-state index contributed by atoms with van der Waals surface area (Å²) in [7, 11) is 3.33. The number of aromatic nitrogens is 1. The van der Waals surface area contributed by atoms with Crippen LogP contribution in [-0.4, -0.2) is 29.0 Å². The van der Waals surface area contributed by atoms with Gasteiger partial charge in [0, 0.05) is 17.5 Å². The smallest absolute Gasteiger partial charge is 0.321 e. The lowest BCUT2D eigenvalue weighted by Crippen LogP contribution is -3.65. The fourth-order valence-electron chi connectivity index (χ4n) is 3.14. The van der Waals surface area contributed by atoms with Gasteiger partial charge in [-0.05, 0) is 48.6 Å². The second-order valence-electron chi connectivity index (χ2n) is 6.86. The van der Waals surface area contributed by atoms with Crippen molar-refractivity contribution in [3.8, 4) is 5.75 Å². The summed E-state index contributed by atoms with van der Waals surface area (Å²) in [5.41, 5.74) is 1.50. The van der Waals surface area contributed by atoms with Gasteiger partial charge < -0.3 is 9.47 Å². The number of nitrogens with one attached hydrogen (secondary N) is 1. The van der Waals surface area contributed by atoms with E-state index in [-0.39, 0.29) is 27.1 Å². The average molecular weight is 533 g/mol. The Labute approximate surface area is 190 Å². The molecule has 1 heterocycles. The average Bonchev–Trinajstić information content (AvgIpc) is 3.16. The predicted molar refractivity (Wildman–Crippen MR) is 116 cm³/mol. The monoisotopic (exact) mass is 533 g/mol. The van der Waals surface area contributed by atoms with Gasteiger partial charge in [-0.25, -0.2) is 4.98 Å². The Kier molecular flexibility index (Phi) is 6.38. The molecular formula is C23H22IN2O3S+. The molecule has 0 aliphatic heterocycles. The Bertz CT molecular complexity index is 1140. The number of nitrogens with zero attached hydrogens (tertiary/aromatic N) is 1. The number of hydrogen-bond donors (Lipinski definition) is 1. The van der Waals surface area contributed by atoms with Gasteiger partial charge in [0.05, 0.1) is 24.4 Å². The zero-order valence-corrected chi connectivity index (χ0v) is 19.9. The molecule has 3 aromatic rings. The lowest BCUT2D eigenvalue weighted by molar-refractivity contribution is -0.657. The van der Waals surface area contributed by atoms with Gasteiger partial charge in [-0.15, -0.1) is 0 Å². The van der Waals surface area contributed by atoms with Gasteiger partial charge in [0.2, 0.25) is 0 Å². The molecule has 5 nitrogen and oxygen atoms in total. The van der Waals surface area contributed by atoms with Gasteiger partial charge in [0.15, 0.2) is 12.6 Å². The minimum absolute atomic E-state index is 0.138. The molecule has 154 valence electrons. The maximum absolute atomic E-state index is 12.8. The summed E-state index contributed by atoms with van der Waals surface area (Å²) < 4.78 is 13.3. The minimum atomic E-state index is -0.279. The summed E-state index contributed by atoms with van der Waals surface area (Å²) in [6.07, 6.45) is 6.45. The summed E-state index contributed by atoms with van der Waals surface area (Å²) in [6, 6.07) is 13.6. The topological polar surface area (TPSA) is 60.5 Å². The third-order valence-corrected chi connectivity index (χ3v) is 9.36. The molecule has 1 aromatic heterocycles. The number of hydrogen-bond acceptors (Lipinski definition) is 5. The summed E-state index contributed by atoms with van der Waals surface area (Å²) >= 11 is 1.16. The molecule has 4 rings (SSSR count). The van der Waals surface area contributed by atoms with Crippen LogP contribution in [0.3, 0.4) is 0 Å². The largest absolute Gasteiger partial charge is 0.497 e. The number of halogens is 1. The Morgan fingerprint density at radius 3 is 2.80 bits per heavy atom. The molecule has 2 atom stereocenters. The third-order valence-electron chi connectivity index (χ3n) is 4.76. The van der Waals surface area contributed by atoms with Crippen LogP contribution in [-0.2, 0) is 4.74 Å². The fourth-order valence-corrected chi connectivity index (χ4v) is 6.98. The van der Waals surface area contributed by atoms with Gasteiger partial charge in [0.1, 0.15) is 11.5 Å². The van der Waals surface area contributed by atoms with Crippen LogP contribution >= 0.6 is 11.3 Å². The van der Waals surface area contributed by atoms with Gasteiger partial charge in [0.25, 0.3) is 5.91 Å². The first-order valence-corrected chi connectivity index (χ1v) is 12.6. The normalized spacial score (nSPS) is 18.2. The first-order chi connectivity index (χ1) is 14.6. The zero-order valence-electron chi connectivity index (χ0n) is 16.9. The van der Waals surface area contributed by atoms with Crippen LogP contribution in [0.1, 0.15) is 17.3 Å². The maximum atomic E-state index is 12.8. The van der Waals surface area contributed by atoms with Crippen LogP contribution in [0.5, 0.6) is 5.75 Å². The molecule has 0 saturated carbocycles. The molecule has 0 saturated heterocycles. The number of allylic oxidation sites excluding steroid dienone is 3. The molecule has 2 aromatic carbocycles. The van der Waals surface area contributed by atoms with Crippen molar-refractivity contribution < 1.29 is 35.5 Å². The number of thiazole rings is 1. The molecule has 1 aliphatic rings. The van der Waals surface area contributed by atoms with Crippen molar-refractivity contribution in [2.45, 2.75) is 10.8 Å². The molecule has 0 fully saturated rings. The van der Waals surface area contributed by atoms with Crippen LogP contribution in [0.15, 0.2) is 66.5 Å². The van der Waals surface area contributed by atoms with E-state index in [9.17, 15) is 4.79 Å². The Balaban J connectivity index is 1.46. The van der Waals surface area contributed by atoms with Crippen molar-refractivity contribution in [3.05, 3.63) is 75.6 Å². The number of fused-ring (bicyclic) bond motifs is 1. The highest BCUT2D eigenvalue weighted by Crippen LogP contribution is 2.29. The van der Waals surface area contributed by atoms with Crippen molar-refractivity contribution in [2.75, 3.05) is 19.5 Å². The molecule has 7 heteroatoms. The molecule has 30 heavy (non-hydrogen) atoms. The van der Waals surface area contributed by atoms with Crippen molar-refractivity contribution >= 4 is 32.6 Å². The molecule has 0 radical (unpaired) electrons.